The molecule has 0 spiro atoms. The number of para-hydroxylation sites is 1. The van der Waals surface area contributed by atoms with Crippen molar-refractivity contribution < 1.29 is 4.39 Å². The molecule has 1 aliphatic rings. The maximum atomic E-state index is 14.2. The smallest absolute Gasteiger partial charge is 0.332 e. The molecule has 0 bridgehead atoms. The summed E-state index contributed by atoms with van der Waals surface area (Å²) in [6, 6.07) is 15.0. The number of anilines is 1. The minimum Gasteiger partial charge on any atom is -0.367 e. The standard InChI is InChI=1S/C26H29FN6O2/c1-18-8-10-19(11-9-18)16-33-22(28-24-23(33)25(34)30(3)26(35)29(24)2)17-31-12-14-32(15-13-31)21-7-5-4-6-20(21)27/h4-11H,12-17H2,1-3H3. The molecule has 8 nitrogen and oxygen atoms in total. The third-order valence-corrected chi connectivity index (χ3v) is 6.82. The number of imidazole rings is 1. The van der Waals surface area contributed by atoms with Crippen LogP contribution >= 0.6 is 0 Å². The van der Waals surface area contributed by atoms with E-state index in [0.29, 0.717) is 43.0 Å². The second kappa shape index (κ2) is 9.14. The van der Waals surface area contributed by atoms with Crippen molar-refractivity contribution in [2.45, 2.75) is 20.0 Å². The van der Waals surface area contributed by atoms with Gasteiger partial charge in [0.1, 0.15) is 11.6 Å². The molecule has 2 aromatic carbocycles. The van der Waals surface area contributed by atoms with Crippen molar-refractivity contribution in [2.75, 3.05) is 31.1 Å². The number of nitrogens with zero attached hydrogens (tertiary/aromatic N) is 6. The van der Waals surface area contributed by atoms with Crippen LogP contribution in [0.5, 0.6) is 0 Å². The molecule has 4 aromatic rings. The second-order valence-electron chi connectivity index (χ2n) is 9.19. The molecule has 1 saturated heterocycles. The van der Waals surface area contributed by atoms with Gasteiger partial charge in [-0.1, -0.05) is 42.0 Å². The van der Waals surface area contributed by atoms with Gasteiger partial charge in [-0.3, -0.25) is 18.8 Å². The predicted octanol–water partition coefficient (Wildman–Crippen LogP) is 2.25. The molecule has 1 aliphatic heterocycles. The summed E-state index contributed by atoms with van der Waals surface area (Å²) in [4.78, 5) is 34.8. The molecule has 3 heterocycles. The van der Waals surface area contributed by atoms with Crippen LogP contribution in [0.1, 0.15) is 17.0 Å². The van der Waals surface area contributed by atoms with Crippen LogP contribution in [-0.4, -0.2) is 49.8 Å². The Morgan fingerprint density at radius 2 is 1.57 bits per heavy atom. The summed E-state index contributed by atoms with van der Waals surface area (Å²) in [6.07, 6.45) is 0. The fourth-order valence-electron chi connectivity index (χ4n) is 4.71. The van der Waals surface area contributed by atoms with E-state index in [0.717, 1.165) is 34.6 Å². The number of rotatable bonds is 5. The highest BCUT2D eigenvalue weighted by molar-refractivity contribution is 5.71. The summed E-state index contributed by atoms with van der Waals surface area (Å²) in [5, 5.41) is 0. The molecule has 5 rings (SSSR count). The van der Waals surface area contributed by atoms with Gasteiger partial charge in [-0.25, -0.2) is 14.2 Å². The lowest BCUT2D eigenvalue weighted by Gasteiger charge is -2.36. The third-order valence-electron chi connectivity index (χ3n) is 6.82. The minimum absolute atomic E-state index is 0.211. The highest BCUT2D eigenvalue weighted by atomic mass is 19.1. The molecule has 9 heteroatoms. The molecular formula is C26H29FN6O2. The fraction of sp³-hybridized carbons (Fsp3) is 0.346. The minimum atomic E-state index is -0.396. The number of aryl methyl sites for hydroxylation is 2. The van der Waals surface area contributed by atoms with Crippen LogP contribution in [-0.2, 0) is 27.2 Å². The Labute approximate surface area is 202 Å². The lowest BCUT2D eigenvalue weighted by atomic mass is 10.1. The Kier molecular flexibility index (Phi) is 6.02. The van der Waals surface area contributed by atoms with Crippen LogP contribution in [0.15, 0.2) is 58.1 Å². The molecule has 0 atom stereocenters. The first-order chi connectivity index (χ1) is 16.8. The first-order valence-corrected chi connectivity index (χ1v) is 11.8. The monoisotopic (exact) mass is 476 g/mol. The number of fused-ring (bicyclic) bond motifs is 1. The number of benzene rings is 2. The molecule has 0 radical (unpaired) electrons. The SMILES string of the molecule is Cc1ccc(Cn2c(CN3CCN(c4ccccc4F)CC3)nc3c2c(=O)n(C)c(=O)n3C)cc1. The molecule has 0 unspecified atom stereocenters. The molecular weight excluding hydrogens is 447 g/mol. The van der Waals surface area contributed by atoms with E-state index in [1.807, 2.05) is 47.9 Å². The molecule has 0 aliphatic carbocycles. The van der Waals surface area contributed by atoms with E-state index < -0.39 is 5.69 Å². The molecule has 182 valence electrons. The first kappa shape index (κ1) is 23.0. The topological polar surface area (TPSA) is 68.3 Å². The summed E-state index contributed by atoms with van der Waals surface area (Å²) < 4.78 is 18.7. The van der Waals surface area contributed by atoms with Gasteiger partial charge in [0.25, 0.3) is 5.56 Å². The van der Waals surface area contributed by atoms with E-state index in [2.05, 4.69) is 9.80 Å². The second-order valence-corrected chi connectivity index (χ2v) is 9.19. The van der Waals surface area contributed by atoms with Gasteiger partial charge in [0, 0.05) is 46.8 Å². The van der Waals surface area contributed by atoms with Gasteiger partial charge < -0.3 is 9.47 Å². The van der Waals surface area contributed by atoms with E-state index in [4.69, 9.17) is 4.98 Å². The number of hydrogen-bond acceptors (Lipinski definition) is 5. The van der Waals surface area contributed by atoms with Gasteiger partial charge in [0.2, 0.25) is 0 Å². The van der Waals surface area contributed by atoms with Crippen LogP contribution < -0.4 is 16.1 Å². The van der Waals surface area contributed by atoms with Gasteiger partial charge in [-0.15, -0.1) is 0 Å². The number of aromatic nitrogens is 4. The summed E-state index contributed by atoms with van der Waals surface area (Å²) in [7, 11) is 3.14. The summed E-state index contributed by atoms with van der Waals surface area (Å²) in [5.74, 6) is 0.524. The first-order valence-electron chi connectivity index (χ1n) is 11.8. The highest BCUT2D eigenvalue weighted by Crippen LogP contribution is 2.22. The van der Waals surface area contributed by atoms with Gasteiger partial charge in [0.15, 0.2) is 11.2 Å². The van der Waals surface area contributed by atoms with Gasteiger partial charge in [-0.05, 0) is 24.6 Å². The van der Waals surface area contributed by atoms with Crippen molar-refractivity contribution in [3.05, 3.63) is 92.1 Å². The largest absolute Gasteiger partial charge is 0.367 e. The summed E-state index contributed by atoms with van der Waals surface area (Å²) >= 11 is 0. The zero-order valence-electron chi connectivity index (χ0n) is 20.2. The molecule has 0 N–H and O–H groups in total. The zero-order valence-corrected chi connectivity index (χ0v) is 20.2. The molecule has 0 saturated carbocycles. The van der Waals surface area contributed by atoms with E-state index in [1.165, 1.54) is 17.7 Å². The maximum absolute atomic E-state index is 14.2. The normalized spacial score (nSPS) is 14.7. The van der Waals surface area contributed by atoms with E-state index in [1.54, 1.807) is 13.1 Å². The van der Waals surface area contributed by atoms with Crippen LogP contribution in [0, 0.1) is 12.7 Å². The Hall–Kier alpha value is -3.72. The van der Waals surface area contributed by atoms with Crippen molar-refractivity contribution in [3.8, 4) is 0 Å². The van der Waals surface area contributed by atoms with Crippen LogP contribution in [0.2, 0.25) is 0 Å². The number of halogens is 1. The maximum Gasteiger partial charge on any atom is 0.332 e. The lowest BCUT2D eigenvalue weighted by molar-refractivity contribution is 0.241. The summed E-state index contributed by atoms with van der Waals surface area (Å²) in [6.45, 7) is 5.91. The Bertz CT molecular complexity index is 1490. The predicted molar refractivity (Wildman–Crippen MR) is 134 cm³/mol. The van der Waals surface area contributed by atoms with E-state index >= 15 is 0 Å². The van der Waals surface area contributed by atoms with Gasteiger partial charge in [-0.2, -0.15) is 0 Å². The van der Waals surface area contributed by atoms with Crippen LogP contribution in [0.25, 0.3) is 11.2 Å². The summed E-state index contributed by atoms with van der Waals surface area (Å²) in [5.41, 5.74) is 2.91. The quantitative estimate of drug-likeness (QED) is 0.442. The molecule has 0 amide bonds. The Morgan fingerprint density at radius 3 is 2.26 bits per heavy atom. The van der Waals surface area contributed by atoms with Crippen LogP contribution in [0.3, 0.4) is 0 Å². The van der Waals surface area contributed by atoms with Crippen molar-refractivity contribution in [1.82, 2.24) is 23.6 Å². The van der Waals surface area contributed by atoms with Crippen molar-refractivity contribution in [1.29, 1.82) is 0 Å². The average molecular weight is 477 g/mol. The van der Waals surface area contributed by atoms with Gasteiger partial charge >= 0.3 is 5.69 Å². The van der Waals surface area contributed by atoms with E-state index in [-0.39, 0.29) is 11.4 Å². The molecule has 2 aromatic heterocycles. The highest BCUT2D eigenvalue weighted by Gasteiger charge is 2.24. The Morgan fingerprint density at radius 1 is 0.886 bits per heavy atom. The van der Waals surface area contributed by atoms with Gasteiger partial charge in [0.05, 0.1) is 12.2 Å². The van der Waals surface area contributed by atoms with Crippen LogP contribution in [0.4, 0.5) is 10.1 Å². The molecule has 1 fully saturated rings. The fourth-order valence-corrected chi connectivity index (χ4v) is 4.71. The number of piperazine rings is 1. The zero-order chi connectivity index (χ0) is 24.7. The van der Waals surface area contributed by atoms with Crippen molar-refractivity contribution >= 4 is 16.9 Å². The van der Waals surface area contributed by atoms with E-state index in [9.17, 15) is 14.0 Å². The Balaban J connectivity index is 1.47. The lowest BCUT2D eigenvalue weighted by Crippen LogP contribution is -2.46. The number of hydrogen-bond donors (Lipinski definition) is 0. The average Bonchev–Trinajstić information content (AvgIpc) is 3.21. The van der Waals surface area contributed by atoms with Crippen molar-refractivity contribution in [3.63, 3.8) is 0 Å². The third kappa shape index (κ3) is 4.27. The van der Waals surface area contributed by atoms with Crippen molar-refractivity contribution in [2.24, 2.45) is 14.1 Å². The molecule has 35 heavy (non-hydrogen) atoms.